The van der Waals surface area contributed by atoms with Crippen molar-refractivity contribution in [2.45, 2.75) is 44.4 Å². The molecule has 2 rings (SSSR count). The lowest BCUT2D eigenvalue weighted by Gasteiger charge is -2.39. The van der Waals surface area contributed by atoms with E-state index < -0.39 is 24.6 Å². The number of hydrogen-bond acceptors (Lipinski definition) is 3. The molecule has 0 aromatic carbocycles. The molecule has 2 fully saturated rings. The fraction of sp³-hybridized carbons (Fsp3) is 0.933. The Morgan fingerprint density at radius 3 is 2.52 bits per heavy atom. The maximum atomic E-state index is 12.7. The minimum Gasteiger partial charge on any atom is -0.380 e. The predicted octanol–water partition coefficient (Wildman–Crippen LogP) is 1.82. The molecule has 2 saturated heterocycles. The van der Waals surface area contributed by atoms with E-state index in [-0.39, 0.29) is 19.1 Å². The van der Waals surface area contributed by atoms with Gasteiger partial charge in [-0.3, -0.25) is 0 Å². The van der Waals surface area contributed by atoms with Crippen molar-refractivity contribution in [2.24, 2.45) is 5.92 Å². The van der Waals surface area contributed by atoms with Crippen LogP contribution in [0.3, 0.4) is 0 Å². The van der Waals surface area contributed by atoms with Gasteiger partial charge in [0.05, 0.1) is 0 Å². The van der Waals surface area contributed by atoms with Crippen LogP contribution in [-0.4, -0.2) is 72.0 Å². The Hall–Kier alpha value is -1.02. The second-order valence-electron chi connectivity index (χ2n) is 6.60. The summed E-state index contributed by atoms with van der Waals surface area (Å²) in [6.07, 6.45) is -3.39. The zero-order chi connectivity index (χ0) is 17.1. The Morgan fingerprint density at radius 2 is 1.96 bits per heavy atom. The number of likely N-dealkylation sites (tertiary alicyclic amines) is 2. The van der Waals surface area contributed by atoms with Crippen molar-refractivity contribution in [1.29, 1.82) is 0 Å². The molecule has 134 valence electrons. The van der Waals surface area contributed by atoms with E-state index in [0.29, 0.717) is 12.5 Å². The molecule has 0 aromatic rings. The van der Waals surface area contributed by atoms with Crippen molar-refractivity contribution in [2.75, 3.05) is 39.3 Å². The Labute approximate surface area is 134 Å². The molecule has 8 heteroatoms. The van der Waals surface area contributed by atoms with Crippen molar-refractivity contribution in [3.8, 4) is 0 Å². The van der Waals surface area contributed by atoms with E-state index in [0.717, 1.165) is 32.5 Å². The van der Waals surface area contributed by atoms with Gasteiger partial charge in [0.1, 0.15) is 0 Å². The van der Waals surface area contributed by atoms with Gasteiger partial charge in [-0.15, -0.1) is 0 Å². The Bertz CT molecular complexity index is 409. The summed E-state index contributed by atoms with van der Waals surface area (Å²) in [6, 6.07) is -0.331. The lowest BCUT2D eigenvalue weighted by Crippen LogP contribution is -2.56. The van der Waals surface area contributed by atoms with Crippen LogP contribution in [0.1, 0.15) is 32.6 Å². The Kier molecular flexibility index (Phi) is 5.78. The number of rotatable bonds is 3. The van der Waals surface area contributed by atoms with Gasteiger partial charge >= 0.3 is 12.2 Å². The normalized spacial score (nSPS) is 26.1. The lowest BCUT2D eigenvalue weighted by molar-refractivity contribution is -0.271. The van der Waals surface area contributed by atoms with E-state index in [1.807, 2.05) is 0 Å². The molecule has 1 atom stereocenters. The van der Waals surface area contributed by atoms with Crippen molar-refractivity contribution in [3.63, 3.8) is 0 Å². The highest BCUT2D eigenvalue weighted by molar-refractivity contribution is 5.74. The quantitative estimate of drug-likeness (QED) is 0.826. The van der Waals surface area contributed by atoms with Crippen LogP contribution in [0.2, 0.25) is 0 Å². The number of nitrogens with zero attached hydrogens (tertiary/aromatic N) is 2. The highest BCUT2D eigenvalue weighted by Crippen LogP contribution is 2.38. The number of carbonyl (C=O) groups is 1. The predicted molar refractivity (Wildman–Crippen MR) is 80.0 cm³/mol. The molecule has 0 aliphatic carbocycles. The topological polar surface area (TPSA) is 55.8 Å². The Morgan fingerprint density at radius 1 is 1.30 bits per heavy atom. The van der Waals surface area contributed by atoms with Gasteiger partial charge in [-0.25, -0.2) is 4.79 Å². The average molecular weight is 337 g/mol. The molecule has 2 aliphatic heterocycles. The third-order valence-electron chi connectivity index (χ3n) is 5.00. The molecule has 0 spiro atoms. The van der Waals surface area contributed by atoms with Gasteiger partial charge in [-0.1, -0.05) is 6.92 Å². The van der Waals surface area contributed by atoms with Crippen molar-refractivity contribution >= 4 is 6.03 Å². The van der Waals surface area contributed by atoms with E-state index in [1.54, 1.807) is 0 Å². The van der Waals surface area contributed by atoms with E-state index >= 15 is 0 Å². The largest absolute Gasteiger partial charge is 0.417 e. The van der Waals surface area contributed by atoms with Crippen molar-refractivity contribution < 1.29 is 23.1 Å². The first-order chi connectivity index (χ1) is 10.7. The van der Waals surface area contributed by atoms with E-state index in [2.05, 4.69) is 17.1 Å². The highest BCUT2D eigenvalue weighted by Gasteiger charge is 2.54. The molecule has 2 amide bonds. The van der Waals surface area contributed by atoms with Crippen LogP contribution in [0.15, 0.2) is 0 Å². The molecule has 2 N–H and O–H groups in total. The highest BCUT2D eigenvalue weighted by atomic mass is 19.4. The number of carbonyl (C=O) groups excluding carboxylic acids is 1. The fourth-order valence-electron chi connectivity index (χ4n) is 3.31. The van der Waals surface area contributed by atoms with Crippen molar-refractivity contribution in [1.82, 2.24) is 15.1 Å². The lowest BCUT2D eigenvalue weighted by atomic mass is 9.91. The number of alkyl halides is 3. The van der Waals surface area contributed by atoms with Gasteiger partial charge in [-0.2, -0.15) is 13.2 Å². The zero-order valence-electron chi connectivity index (χ0n) is 13.5. The van der Waals surface area contributed by atoms with Gasteiger partial charge in [0.2, 0.25) is 0 Å². The summed E-state index contributed by atoms with van der Waals surface area (Å²) < 4.78 is 38.2. The molecular formula is C15H26F3N3O2. The summed E-state index contributed by atoms with van der Waals surface area (Å²) in [5.41, 5.74) is -2.66. The summed E-state index contributed by atoms with van der Waals surface area (Å²) in [4.78, 5) is 15.8. The number of nitrogens with one attached hydrogen (secondary N) is 1. The molecular weight excluding hydrogens is 311 g/mol. The first kappa shape index (κ1) is 18.3. The Balaban J connectivity index is 1.75. The van der Waals surface area contributed by atoms with Crippen LogP contribution in [0.5, 0.6) is 0 Å². The molecule has 0 bridgehead atoms. The summed E-state index contributed by atoms with van der Waals surface area (Å²) in [6.45, 7) is 5.54. The van der Waals surface area contributed by atoms with Crippen LogP contribution in [0, 0.1) is 5.92 Å². The summed E-state index contributed by atoms with van der Waals surface area (Å²) in [5.74, 6) is 0.393. The molecule has 2 heterocycles. The molecule has 23 heavy (non-hydrogen) atoms. The minimum atomic E-state index is -4.64. The standard InChI is InChI=1S/C15H26F3N3O2/c1-2-20-7-3-4-12(11-20)10-19-13(22)21-8-5-14(23,6-9-21)15(16,17)18/h12,23H,2-11H2,1H3,(H,19,22). The van der Waals surface area contributed by atoms with Gasteiger partial charge in [0.15, 0.2) is 5.60 Å². The fourth-order valence-corrected chi connectivity index (χ4v) is 3.31. The summed E-state index contributed by atoms with van der Waals surface area (Å²) in [7, 11) is 0. The minimum absolute atomic E-state index is 0.0758. The van der Waals surface area contributed by atoms with E-state index in [4.69, 9.17) is 0 Å². The number of aliphatic hydroxyl groups is 1. The van der Waals surface area contributed by atoms with E-state index in [9.17, 15) is 23.1 Å². The van der Waals surface area contributed by atoms with Crippen LogP contribution < -0.4 is 5.32 Å². The number of urea groups is 1. The summed E-state index contributed by atoms with van der Waals surface area (Å²) in [5, 5.41) is 12.4. The maximum absolute atomic E-state index is 12.7. The van der Waals surface area contributed by atoms with Crippen molar-refractivity contribution in [3.05, 3.63) is 0 Å². The third kappa shape index (κ3) is 4.50. The number of halogens is 3. The number of amides is 2. The zero-order valence-corrected chi connectivity index (χ0v) is 13.5. The first-order valence-corrected chi connectivity index (χ1v) is 8.29. The number of piperidine rings is 2. The molecule has 1 unspecified atom stereocenters. The second kappa shape index (κ2) is 7.25. The van der Waals surface area contributed by atoms with Crippen LogP contribution >= 0.6 is 0 Å². The van der Waals surface area contributed by atoms with Gasteiger partial charge in [0.25, 0.3) is 0 Å². The van der Waals surface area contributed by atoms with Gasteiger partial charge in [-0.05, 0) is 31.8 Å². The molecule has 0 aromatic heterocycles. The smallest absolute Gasteiger partial charge is 0.380 e. The monoisotopic (exact) mass is 337 g/mol. The SMILES string of the molecule is CCN1CCCC(CNC(=O)N2CCC(O)(C(F)(F)F)CC2)C1. The van der Waals surface area contributed by atoms with Crippen LogP contribution in [-0.2, 0) is 0 Å². The molecule has 0 saturated carbocycles. The maximum Gasteiger partial charge on any atom is 0.417 e. The van der Waals surface area contributed by atoms with Crippen LogP contribution in [0.4, 0.5) is 18.0 Å². The molecule has 5 nitrogen and oxygen atoms in total. The average Bonchev–Trinajstić information content (AvgIpc) is 2.52. The van der Waals surface area contributed by atoms with Gasteiger partial charge < -0.3 is 20.2 Å². The second-order valence-corrected chi connectivity index (χ2v) is 6.60. The summed E-state index contributed by atoms with van der Waals surface area (Å²) >= 11 is 0. The molecule has 2 aliphatic rings. The van der Waals surface area contributed by atoms with Crippen LogP contribution in [0.25, 0.3) is 0 Å². The van der Waals surface area contributed by atoms with E-state index in [1.165, 1.54) is 4.90 Å². The number of hydrogen-bond donors (Lipinski definition) is 2. The molecule has 0 radical (unpaired) electrons. The first-order valence-electron chi connectivity index (χ1n) is 8.29. The third-order valence-corrected chi connectivity index (χ3v) is 5.00. The van der Waals surface area contributed by atoms with Gasteiger partial charge in [0, 0.05) is 39.0 Å².